The molecular weight excluding hydrogens is 303 g/mol. The fraction of sp³-hybridized carbons (Fsp3) is 0.235. The molecule has 0 radical (unpaired) electrons. The molecule has 0 saturated carbocycles. The monoisotopic (exact) mass is 320 g/mol. The molecule has 1 N–H and O–H groups in total. The van der Waals surface area contributed by atoms with Gasteiger partial charge in [0.05, 0.1) is 12.2 Å². The molecule has 0 aliphatic carbocycles. The first-order valence-electron chi connectivity index (χ1n) is 6.93. The first-order chi connectivity index (χ1) is 10.4. The van der Waals surface area contributed by atoms with Crippen molar-refractivity contribution in [3.05, 3.63) is 64.4 Å². The number of carbonyl (C=O) groups is 1. The number of rotatable bonds is 5. The Kier molecular flexibility index (Phi) is 5.52. The summed E-state index contributed by atoms with van der Waals surface area (Å²) in [6.07, 6.45) is 0. The summed E-state index contributed by atoms with van der Waals surface area (Å²) in [4.78, 5) is 13.8. The molecule has 0 bridgehead atoms. The van der Waals surface area contributed by atoms with E-state index in [-0.39, 0.29) is 18.1 Å². The SMILES string of the molecule is Cc1ccc(CN(C)CC(=O)Nc2ccc(Cl)cc2F)cc1. The van der Waals surface area contributed by atoms with Gasteiger partial charge >= 0.3 is 0 Å². The van der Waals surface area contributed by atoms with Crippen molar-refractivity contribution in [2.24, 2.45) is 0 Å². The highest BCUT2D eigenvalue weighted by molar-refractivity contribution is 6.30. The van der Waals surface area contributed by atoms with E-state index in [9.17, 15) is 9.18 Å². The Bertz CT molecular complexity index is 658. The number of anilines is 1. The third kappa shape index (κ3) is 4.83. The Hall–Kier alpha value is -1.91. The van der Waals surface area contributed by atoms with E-state index >= 15 is 0 Å². The van der Waals surface area contributed by atoms with Crippen LogP contribution in [0.5, 0.6) is 0 Å². The molecule has 2 aromatic carbocycles. The van der Waals surface area contributed by atoms with Crippen LogP contribution in [0.15, 0.2) is 42.5 Å². The third-order valence-corrected chi connectivity index (χ3v) is 3.43. The number of hydrogen-bond donors (Lipinski definition) is 1. The minimum absolute atomic E-state index is 0.137. The van der Waals surface area contributed by atoms with E-state index in [1.165, 1.54) is 23.8 Å². The molecule has 0 spiro atoms. The van der Waals surface area contributed by atoms with Crippen LogP contribution < -0.4 is 5.32 Å². The van der Waals surface area contributed by atoms with Gasteiger partial charge in [0.25, 0.3) is 0 Å². The van der Waals surface area contributed by atoms with Gasteiger partial charge in [0.1, 0.15) is 5.82 Å². The Morgan fingerprint density at radius 3 is 2.55 bits per heavy atom. The number of likely N-dealkylation sites (N-methyl/N-ethyl adjacent to an activating group) is 1. The molecule has 0 aromatic heterocycles. The molecule has 0 saturated heterocycles. The summed E-state index contributed by atoms with van der Waals surface area (Å²) in [5.74, 6) is -0.808. The quantitative estimate of drug-likeness (QED) is 0.907. The zero-order valence-corrected chi connectivity index (χ0v) is 13.3. The second kappa shape index (κ2) is 7.38. The number of nitrogens with zero attached hydrogens (tertiary/aromatic N) is 1. The number of halogens is 2. The van der Waals surface area contributed by atoms with Crippen molar-refractivity contribution in [1.29, 1.82) is 0 Å². The fourth-order valence-electron chi connectivity index (χ4n) is 2.09. The Morgan fingerprint density at radius 1 is 1.23 bits per heavy atom. The molecule has 2 rings (SSSR count). The van der Waals surface area contributed by atoms with E-state index in [4.69, 9.17) is 11.6 Å². The summed E-state index contributed by atoms with van der Waals surface area (Å²) >= 11 is 5.68. The zero-order chi connectivity index (χ0) is 16.1. The van der Waals surface area contributed by atoms with Crippen molar-refractivity contribution >= 4 is 23.2 Å². The molecule has 2 aromatic rings. The van der Waals surface area contributed by atoms with Crippen molar-refractivity contribution in [3.8, 4) is 0 Å². The largest absolute Gasteiger partial charge is 0.322 e. The topological polar surface area (TPSA) is 32.3 Å². The highest BCUT2D eigenvalue weighted by Crippen LogP contribution is 2.18. The number of nitrogens with one attached hydrogen (secondary N) is 1. The van der Waals surface area contributed by atoms with Crippen molar-refractivity contribution in [1.82, 2.24) is 4.90 Å². The highest BCUT2D eigenvalue weighted by Gasteiger charge is 2.10. The molecular formula is C17H18ClFN2O. The van der Waals surface area contributed by atoms with Gasteiger partial charge < -0.3 is 5.32 Å². The van der Waals surface area contributed by atoms with Gasteiger partial charge in [-0.3, -0.25) is 9.69 Å². The van der Waals surface area contributed by atoms with Crippen LogP contribution in [-0.4, -0.2) is 24.4 Å². The molecule has 0 fully saturated rings. The number of benzene rings is 2. The van der Waals surface area contributed by atoms with E-state index in [0.717, 1.165) is 5.56 Å². The zero-order valence-electron chi connectivity index (χ0n) is 12.6. The normalized spacial score (nSPS) is 10.8. The van der Waals surface area contributed by atoms with Gasteiger partial charge in [-0.15, -0.1) is 0 Å². The first-order valence-corrected chi connectivity index (χ1v) is 7.31. The molecule has 0 unspecified atom stereocenters. The maximum absolute atomic E-state index is 13.6. The molecule has 1 amide bonds. The number of carbonyl (C=O) groups excluding carboxylic acids is 1. The first kappa shape index (κ1) is 16.5. The van der Waals surface area contributed by atoms with Crippen LogP contribution in [0, 0.1) is 12.7 Å². The standard InChI is InChI=1S/C17H18ClFN2O/c1-12-3-5-13(6-4-12)10-21(2)11-17(22)20-16-8-7-14(18)9-15(16)19/h3-9H,10-11H2,1-2H3,(H,20,22). The molecule has 3 nitrogen and oxygen atoms in total. The summed E-state index contributed by atoms with van der Waals surface area (Å²) in [6.45, 7) is 2.86. The van der Waals surface area contributed by atoms with Gasteiger partial charge in [-0.05, 0) is 37.7 Å². The van der Waals surface area contributed by atoms with Crippen LogP contribution >= 0.6 is 11.6 Å². The van der Waals surface area contributed by atoms with Crippen LogP contribution in [-0.2, 0) is 11.3 Å². The predicted molar refractivity (Wildman–Crippen MR) is 87.6 cm³/mol. The summed E-state index contributed by atoms with van der Waals surface area (Å²) < 4.78 is 13.6. The number of amides is 1. The van der Waals surface area contributed by atoms with Gasteiger partial charge in [0.2, 0.25) is 5.91 Å². The minimum atomic E-state index is -0.540. The summed E-state index contributed by atoms with van der Waals surface area (Å²) in [5, 5.41) is 2.85. The van der Waals surface area contributed by atoms with Gasteiger partial charge in [0, 0.05) is 11.6 Å². The molecule has 0 atom stereocenters. The minimum Gasteiger partial charge on any atom is -0.322 e. The van der Waals surface area contributed by atoms with Crippen molar-refractivity contribution in [2.75, 3.05) is 18.9 Å². The van der Waals surface area contributed by atoms with E-state index in [1.807, 2.05) is 43.1 Å². The van der Waals surface area contributed by atoms with Crippen molar-refractivity contribution in [2.45, 2.75) is 13.5 Å². The Balaban J connectivity index is 1.89. The summed E-state index contributed by atoms with van der Waals surface area (Å²) in [5.41, 5.74) is 2.46. The second-order valence-corrected chi connectivity index (χ2v) is 5.77. The van der Waals surface area contributed by atoms with Crippen LogP contribution in [0.4, 0.5) is 10.1 Å². The van der Waals surface area contributed by atoms with E-state index in [1.54, 1.807) is 0 Å². The molecule has 5 heteroatoms. The second-order valence-electron chi connectivity index (χ2n) is 5.33. The van der Waals surface area contributed by atoms with Crippen LogP contribution in [0.1, 0.15) is 11.1 Å². The van der Waals surface area contributed by atoms with Gasteiger partial charge in [-0.2, -0.15) is 0 Å². The smallest absolute Gasteiger partial charge is 0.238 e. The molecule has 22 heavy (non-hydrogen) atoms. The van der Waals surface area contributed by atoms with E-state index < -0.39 is 5.82 Å². The lowest BCUT2D eigenvalue weighted by atomic mass is 10.1. The maximum atomic E-state index is 13.6. The fourth-order valence-corrected chi connectivity index (χ4v) is 2.25. The summed E-state index contributed by atoms with van der Waals surface area (Å²) in [7, 11) is 1.84. The van der Waals surface area contributed by atoms with E-state index in [0.29, 0.717) is 11.6 Å². The predicted octanol–water partition coefficient (Wildman–Crippen LogP) is 3.86. The number of hydrogen-bond acceptors (Lipinski definition) is 2. The lowest BCUT2D eigenvalue weighted by Gasteiger charge is -2.16. The van der Waals surface area contributed by atoms with Crippen molar-refractivity contribution in [3.63, 3.8) is 0 Å². The van der Waals surface area contributed by atoms with Gasteiger partial charge in [-0.25, -0.2) is 4.39 Å². The van der Waals surface area contributed by atoms with Gasteiger partial charge in [-0.1, -0.05) is 41.4 Å². The highest BCUT2D eigenvalue weighted by atomic mass is 35.5. The third-order valence-electron chi connectivity index (χ3n) is 3.19. The average Bonchev–Trinajstić information content (AvgIpc) is 2.44. The van der Waals surface area contributed by atoms with E-state index in [2.05, 4.69) is 5.32 Å². The van der Waals surface area contributed by atoms with Crippen LogP contribution in [0.3, 0.4) is 0 Å². The lowest BCUT2D eigenvalue weighted by molar-refractivity contribution is -0.117. The molecule has 0 heterocycles. The molecule has 116 valence electrons. The molecule has 0 aliphatic heterocycles. The Morgan fingerprint density at radius 2 is 1.91 bits per heavy atom. The van der Waals surface area contributed by atoms with Gasteiger partial charge in [0.15, 0.2) is 0 Å². The average molecular weight is 321 g/mol. The maximum Gasteiger partial charge on any atom is 0.238 e. The number of aryl methyl sites for hydroxylation is 1. The molecule has 0 aliphatic rings. The lowest BCUT2D eigenvalue weighted by Crippen LogP contribution is -2.30. The van der Waals surface area contributed by atoms with Crippen LogP contribution in [0.25, 0.3) is 0 Å². The van der Waals surface area contributed by atoms with Crippen molar-refractivity contribution < 1.29 is 9.18 Å². The van der Waals surface area contributed by atoms with Crippen LogP contribution in [0.2, 0.25) is 5.02 Å². The Labute approximate surface area is 134 Å². The summed E-state index contributed by atoms with van der Waals surface area (Å²) in [6, 6.07) is 12.3.